The molecule has 4 N–H and O–H groups in total. The van der Waals surface area contributed by atoms with Gasteiger partial charge in [0.1, 0.15) is 5.69 Å². The first-order valence-electron chi connectivity index (χ1n) is 6.45. The third kappa shape index (κ3) is 5.32. The number of rotatable bonds is 9. The zero-order chi connectivity index (χ0) is 16.7. The van der Waals surface area contributed by atoms with Crippen LogP contribution in [0, 0.1) is 20.2 Å². The van der Waals surface area contributed by atoms with Crippen LogP contribution in [0.5, 0.6) is 0 Å². The van der Waals surface area contributed by atoms with E-state index < -0.39 is 21.9 Å². The molecular weight excluding hydrogens is 296 g/mol. The van der Waals surface area contributed by atoms with Crippen molar-refractivity contribution >= 4 is 23.0 Å². The van der Waals surface area contributed by atoms with Crippen LogP contribution >= 0.6 is 0 Å². The van der Waals surface area contributed by atoms with Crippen LogP contribution in [0.4, 0.5) is 17.1 Å². The Morgan fingerprint density at radius 2 is 2.00 bits per heavy atom. The monoisotopic (exact) mass is 312 g/mol. The van der Waals surface area contributed by atoms with Gasteiger partial charge in [-0.15, -0.1) is 0 Å². The largest absolute Gasteiger partial charge is 0.481 e. The highest BCUT2D eigenvalue weighted by Gasteiger charge is 2.19. The smallest absolute Gasteiger partial charge is 0.304 e. The predicted octanol–water partition coefficient (Wildman–Crippen LogP) is 1.50. The van der Waals surface area contributed by atoms with Gasteiger partial charge < -0.3 is 16.2 Å². The van der Waals surface area contributed by atoms with Crippen LogP contribution < -0.4 is 11.1 Å². The summed E-state index contributed by atoms with van der Waals surface area (Å²) in [5, 5.41) is 32.9. The average Bonchev–Trinajstić information content (AvgIpc) is 2.42. The molecule has 0 aliphatic rings. The van der Waals surface area contributed by atoms with Gasteiger partial charge in [-0.2, -0.15) is 0 Å². The van der Waals surface area contributed by atoms with Gasteiger partial charge in [-0.3, -0.25) is 25.0 Å². The van der Waals surface area contributed by atoms with Gasteiger partial charge in [-0.25, -0.2) is 0 Å². The van der Waals surface area contributed by atoms with E-state index in [1.54, 1.807) is 0 Å². The Balaban J connectivity index is 2.60. The SMILES string of the molecule is NC(CCCNc1ccc([N+](=O)[O-])cc1[N+](=O)[O-])CC(=O)O. The maximum atomic E-state index is 10.9. The van der Waals surface area contributed by atoms with Crippen LogP contribution in [0.1, 0.15) is 19.3 Å². The van der Waals surface area contributed by atoms with Crippen molar-refractivity contribution in [1.82, 2.24) is 0 Å². The zero-order valence-corrected chi connectivity index (χ0v) is 11.6. The molecule has 0 amide bonds. The lowest BCUT2D eigenvalue weighted by molar-refractivity contribution is -0.393. The maximum Gasteiger partial charge on any atom is 0.304 e. The highest BCUT2D eigenvalue weighted by molar-refractivity contribution is 5.67. The minimum Gasteiger partial charge on any atom is -0.481 e. The van der Waals surface area contributed by atoms with E-state index in [9.17, 15) is 25.0 Å². The van der Waals surface area contributed by atoms with E-state index in [0.29, 0.717) is 19.4 Å². The normalized spacial score (nSPS) is 11.7. The second-order valence-electron chi connectivity index (χ2n) is 4.64. The van der Waals surface area contributed by atoms with Gasteiger partial charge in [0.15, 0.2) is 0 Å². The Kier molecular flexibility index (Phi) is 6.20. The number of nitrogens with zero attached hydrogens (tertiary/aromatic N) is 2. The number of carboxylic acid groups (broad SMARTS) is 1. The van der Waals surface area contributed by atoms with Gasteiger partial charge in [0.2, 0.25) is 0 Å². The molecule has 0 heterocycles. The Morgan fingerprint density at radius 3 is 2.55 bits per heavy atom. The summed E-state index contributed by atoms with van der Waals surface area (Å²) in [5.41, 5.74) is 5.02. The number of aliphatic carboxylic acids is 1. The van der Waals surface area contributed by atoms with Crippen LogP contribution in [0.25, 0.3) is 0 Å². The molecule has 120 valence electrons. The quantitative estimate of drug-likeness (QED) is 0.351. The highest BCUT2D eigenvalue weighted by atomic mass is 16.6. The summed E-state index contributed by atoms with van der Waals surface area (Å²) in [7, 11) is 0. The van der Waals surface area contributed by atoms with Crippen LogP contribution in [0.15, 0.2) is 18.2 Å². The molecule has 0 saturated heterocycles. The Bertz CT molecular complexity index is 577. The fraction of sp³-hybridized carbons (Fsp3) is 0.417. The Morgan fingerprint density at radius 1 is 1.32 bits per heavy atom. The number of hydrogen-bond donors (Lipinski definition) is 3. The van der Waals surface area contributed by atoms with Crippen molar-refractivity contribution in [2.75, 3.05) is 11.9 Å². The van der Waals surface area contributed by atoms with Gasteiger partial charge in [0.05, 0.1) is 22.3 Å². The third-order valence-corrected chi connectivity index (χ3v) is 2.89. The number of nitro groups is 2. The standard InChI is InChI=1S/C12H16N4O6/c13-8(6-12(17)18)2-1-5-14-10-4-3-9(15(19)20)7-11(10)16(21)22/h3-4,7-8,14H,1-2,5-6,13H2,(H,17,18). The fourth-order valence-corrected chi connectivity index (χ4v) is 1.85. The Labute approximate surface area is 125 Å². The topological polar surface area (TPSA) is 162 Å². The summed E-state index contributed by atoms with van der Waals surface area (Å²) < 4.78 is 0. The zero-order valence-electron chi connectivity index (χ0n) is 11.6. The first-order valence-corrected chi connectivity index (χ1v) is 6.45. The van der Waals surface area contributed by atoms with Crippen molar-refractivity contribution in [2.45, 2.75) is 25.3 Å². The second kappa shape index (κ2) is 7.88. The highest BCUT2D eigenvalue weighted by Crippen LogP contribution is 2.28. The number of non-ortho nitro benzene ring substituents is 1. The molecule has 0 spiro atoms. The number of carbonyl (C=O) groups is 1. The van der Waals surface area contributed by atoms with Crippen molar-refractivity contribution in [3.8, 4) is 0 Å². The lowest BCUT2D eigenvalue weighted by atomic mass is 10.1. The van der Waals surface area contributed by atoms with Crippen LogP contribution in [0.2, 0.25) is 0 Å². The van der Waals surface area contributed by atoms with E-state index in [1.165, 1.54) is 12.1 Å². The summed E-state index contributed by atoms with van der Waals surface area (Å²) in [4.78, 5) is 30.6. The summed E-state index contributed by atoms with van der Waals surface area (Å²) in [6.45, 7) is 0.339. The first-order chi connectivity index (χ1) is 10.3. The molecule has 0 radical (unpaired) electrons. The lowest BCUT2D eigenvalue weighted by Crippen LogP contribution is -2.24. The molecule has 1 unspecified atom stereocenters. The number of nitrogens with one attached hydrogen (secondary N) is 1. The van der Waals surface area contributed by atoms with Crippen LogP contribution in [-0.4, -0.2) is 33.5 Å². The Hall–Kier alpha value is -2.75. The van der Waals surface area contributed by atoms with Gasteiger partial charge in [-0.05, 0) is 18.9 Å². The third-order valence-electron chi connectivity index (χ3n) is 2.89. The number of carboxylic acids is 1. The van der Waals surface area contributed by atoms with Crippen molar-refractivity contribution < 1.29 is 19.7 Å². The molecule has 0 aliphatic carbocycles. The van der Waals surface area contributed by atoms with Gasteiger partial charge in [0.25, 0.3) is 11.4 Å². The van der Waals surface area contributed by atoms with E-state index >= 15 is 0 Å². The molecule has 10 nitrogen and oxygen atoms in total. The number of nitrogens with two attached hydrogens (primary N) is 1. The summed E-state index contributed by atoms with van der Waals surface area (Å²) >= 11 is 0. The molecule has 0 aromatic heterocycles. The summed E-state index contributed by atoms with van der Waals surface area (Å²) in [5.74, 6) is -0.980. The number of anilines is 1. The minimum absolute atomic E-state index is 0.141. The van der Waals surface area contributed by atoms with E-state index in [-0.39, 0.29) is 23.5 Å². The maximum absolute atomic E-state index is 10.9. The predicted molar refractivity (Wildman–Crippen MR) is 77.7 cm³/mol. The molecule has 10 heteroatoms. The molecular formula is C12H16N4O6. The van der Waals surface area contributed by atoms with Crippen molar-refractivity contribution in [2.24, 2.45) is 5.73 Å². The molecule has 0 fully saturated rings. The fourth-order valence-electron chi connectivity index (χ4n) is 1.85. The number of hydrogen-bond acceptors (Lipinski definition) is 7. The molecule has 1 aromatic rings. The number of nitro benzene ring substituents is 2. The lowest BCUT2D eigenvalue weighted by Gasteiger charge is -2.10. The molecule has 0 aliphatic heterocycles. The molecule has 1 rings (SSSR count). The van der Waals surface area contributed by atoms with E-state index in [1.807, 2.05) is 0 Å². The van der Waals surface area contributed by atoms with Crippen molar-refractivity contribution in [1.29, 1.82) is 0 Å². The van der Waals surface area contributed by atoms with Gasteiger partial charge in [0, 0.05) is 18.7 Å². The van der Waals surface area contributed by atoms with Gasteiger partial charge in [-0.1, -0.05) is 0 Å². The van der Waals surface area contributed by atoms with Crippen LogP contribution in [0.3, 0.4) is 0 Å². The summed E-state index contributed by atoms with van der Waals surface area (Å²) in [6, 6.07) is 2.85. The van der Waals surface area contributed by atoms with E-state index in [0.717, 1.165) is 6.07 Å². The van der Waals surface area contributed by atoms with E-state index in [2.05, 4.69) is 5.32 Å². The van der Waals surface area contributed by atoms with Crippen LogP contribution in [-0.2, 0) is 4.79 Å². The van der Waals surface area contributed by atoms with Crippen molar-refractivity contribution in [3.63, 3.8) is 0 Å². The van der Waals surface area contributed by atoms with Crippen molar-refractivity contribution in [3.05, 3.63) is 38.4 Å². The average molecular weight is 312 g/mol. The minimum atomic E-state index is -0.980. The first kappa shape index (κ1) is 17.3. The molecule has 1 atom stereocenters. The molecule has 22 heavy (non-hydrogen) atoms. The molecule has 0 bridgehead atoms. The summed E-state index contributed by atoms with van der Waals surface area (Å²) in [6.07, 6.45) is 0.820. The number of benzene rings is 1. The van der Waals surface area contributed by atoms with E-state index in [4.69, 9.17) is 10.8 Å². The molecule has 1 aromatic carbocycles. The second-order valence-corrected chi connectivity index (χ2v) is 4.64. The molecule has 0 saturated carbocycles. The van der Waals surface area contributed by atoms with Gasteiger partial charge >= 0.3 is 5.97 Å².